The average molecular weight is 214 g/mol. The summed E-state index contributed by atoms with van der Waals surface area (Å²) in [6.45, 7) is 2.61. The third-order valence-electron chi connectivity index (χ3n) is 3.07. The Bertz CT molecular complexity index is 563. The van der Waals surface area contributed by atoms with E-state index in [0.29, 0.717) is 6.54 Å². The third kappa shape index (κ3) is 1.66. The van der Waals surface area contributed by atoms with Gasteiger partial charge in [0.05, 0.1) is 6.54 Å². The molecule has 0 aliphatic rings. The van der Waals surface area contributed by atoms with Crippen molar-refractivity contribution >= 4 is 17.0 Å². The molecule has 0 N–H and O–H groups in total. The van der Waals surface area contributed by atoms with Gasteiger partial charge >= 0.3 is 0 Å². The van der Waals surface area contributed by atoms with Crippen molar-refractivity contribution in [2.75, 3.05) is 6.54 Å². The highest BCUT2D eigenvalue weighted by Gasteiger charge is 2.10. The molecular formula is C13H14N2O. The second kappa shape index (κ2) is 4.33. The number of hydrogen-bond donors (Lipinski definition) is 0. The van der Waals surface area contributed by atoms with Gasteiger partial charge < -0.3 is 4.57 Å². The van der Waals surface area contributed by atoms with Crippen molar-refractivity contribution in [1.29, 1.82) is 0 Å². The minimum atomic E-state index is 0.512. The fourth-order valence-electron chi connectivity index (χ4n) is 2.13. The molecule has 1 aromatic carbocycles. The molecule has 2 aromatic rings. The molecule has 0 amide bonds. The van der Waals surface area contributed by atoms with Gasteiger partial charge in [-0.1, -0.05) is 18.2 Å². The Labute approximate surface area is 94.4 Å². The standard InChI is InChI=1S/C13H14N2O/c1-10-11(7-8-14-9-16)12-5-3-4-6-13(12)15(10)2/h3-6H,7-8H2,1-2H3. The number of aliphatic imine (C=N–C) groups is 1. The summed E-state index contributed by atoms with van der Waals surface area (Å²) in [7, 11) is 2.06. The van der Waals surface area contributed by atoms with Crippen molar-refractivity contribution < 1.29 is 4.79 Å². The molecule has 0 radical (unpaired) electrons. The van der Waals surface area contributed by atoms with Crippen molar-refractivity contribution in [2.45, 2.75) is 13.3 Å². The number of nitrogens with zero attached hydrogens (tertiary/aromatic N) is 2. The molecule has 0 spiro atoms. The highest BCUT2D eigenvalue weighted by atomic mass is 16.1. The average Bonchev–Trinajstić information content (AvgIpc) is 2.55. The van der Waals surface area contributed by atoms with Crippen molar-refractivity contribution in [3.63, 3.8) is 0 Å². The normalized spacial score (nSPS) is 10.4. The summed E-state index contributed by atoms with van der Waals surface area (Å²) in [6, 6.07) is 8.29. The van der Waals surface area contributed by atoms with Gasteiger partial charge in [-0.15, -0.1) is 0 Å². The number of carbonyl (C=O) groups excluding carboxylic acids is 1. The zero-order valence-corrected chi connectivity index (χ0v) is 9.53. The van der Waals surface area contributed by atoms with Gasteiger partial charge in [0, 0.05) is 23.6 Å². The summed E-state index contributed by atoms with van der Waals surface area (Å²) >= 11 is 0. The van der Waals surface area contributed by atoms with Crippen LogP contribution in [-0.2, 0) is 18.3 Å². The van der Waals surface area contributed by atoms with Crippen molar-refractivity contribution in [3.8, 4) is 0 Å². The predicted molar refractivity (Wildman–Crippen MR) is 64.3 cm³/mol. The van der Waals surface area contributed by atoms with Crippen molar-refractivity contribution in [3.05, 3.63) is 35.5 Å². The van der Waals surface area contributed by atoms with Gasteiger partial charge in [0.15, 0.2) is 0 Å². The van der Waals surface area contributed by atoms with Crippen LogP contribution in [0.5, 0.6) is 0 Å². The van der Waals surface area contributed by atoms with Gasteiger partial charge in [-0.3, -0.25) is 0 Å². The molecule has 0 unspecified atom stereocenters. The van der Waals surface area contributed by atoms with Crippen LogP contribution in [0.1, 0.15) is 11.3 Å². The number of para-hydroxylation sites is 1. The predicted octanol–water partition coefficient (Wildman–Crippen LogP) is 2.37. The van der Waals surface area contributed by atoms with E-state index in [1.807, 2.05) is 12.1 Å². The second-order valence-electron chi connectivity index (χ2n) is 3.86. The van der Waals surface area contributed by atoms with E-state index in [0.717, 1.165) is 6.42 Å². The number of fused-ring (bicyclic) bond motifs is 1. The van der Waals surface area contributed by atoms with Gasteiger partial charge in [0.1, 0.15) is 0 Å². The zero-order chi connectivity index (χ0) is 11.5. The van der Waals surface area contributed by atoms with Crippen LogP contribution in [0.25, 0.3) is 10.9 Å². The monoisotopic (exact) mass is 214 g/mol. The topological polar surface area (TPSA) is 34.4 Å². The minimum Gasteiger partial charge on any atom is -0.348 e. The maximum Gasteiger partial charge on any atom is 0.234 e. The van der Waals surface area contributed by atoms with Gasteiger partial charge in [-0.2, -0.15) is 0 Å². The fraction of sp³-hybridized carbons (Fsp3) is 0.308. The highest BCUT2D eigenvalue weighted by Crippen LogP contribution is 2.24. The SMILES string of the molecule is Cc1c(CCN=C=O)c2ccccc2n1C. The number of aromatic nitrogens is 1. The van der Waals surface area contributed by atoms with Gasteiger partial charge in [0.2, 0.25) is 6.08 Å². The van der Waals surface area contributed by atoms with E-state index in [-0.39, 0.29) is 0 Å². The lowest BCUT2D eigenvalue weighted by molar-refractivity contribution is 0.563. The minimum absolute atomic E-state index is 0.512. The first-order chi connectivity index (χ1) is 7.75. The Morgan fingerprint density at radius 3 is 2.88 bits per heavy atom. The maximum atomic E-state index is 10.1. The number of rotatable bonds is 3. The smallest absolute Gasteiger partial charge is 0.234 e. The van der Waals surface area contributed by atoms with Gasteiger partial charge in [0.25, 0.3) is 0 Å². The van der Waals surface area contributed by atoms with Crippen LogP contribution in [0.4, 0.5) is 0 Å². The number of benzene rings is 1. The Hall–Kier alpha value is -1.86. The van der Waals surface area contributed by atoms with E-state index in [4.69, 9.17) is 0 Å². The molecular weight excluding hydrogens is 200 g/mol. The first-order valence-corrected chi connectivity index (χ1v) is 5.32. The summed E-state index contributed by atoms with van der Waals surface area (Å²) in [5, 5.41) is 1.25. The molecule has 0 fully saturated rings. The van der Waals surface area contributed by atoms with Crippen molar-refractivity contribution in [1.82, 2.24) is 4.57 Å². The molecule has 82 valence electrons. The van der Waals surface area contributed by atoms with Gasteiger partial charge in [-0.05, 0) is 25.0 Å². The third-order valence-corrected chi connectivity index (χ3v) is 3.07. The van der Waals surface area contributed by atoms with E-state index in [9.17, 15) is 4.79 Å². The summed E-state index contributed by atoms with van der Waals surface area (Å²) in [5.74, 6) is 0. The second-order valence-corrected chi connectivity index (χ2v) is 3.86. The molecule has 0 saturated heterocycles. The number of aryl methyl sites for hydroxylation is 1. The molecule has 0 saturated carbocycles. The van der Waals surface area contributed by atoms with Crippen molar-refractivity contribution in [2.24, 2.45) is 12.0 Å². The molecule has 3 nitrogen and oxygen atoms in total. The molecule has 0 aliphatic carbocycles. The zero-order valence-electron chi connectivity index (χ0n) is 9.53. The summed E-state index contributed by atoms with van der Waals surface area (Å²) < 4.78 is 2.18. The Kier molecular flexibility index (Phi) is 2.88. The lowest BCUT2D eigenvalue weighted by atomic mass is 10.1. The van der Waals surface area contributed by atoms with E-state index >= 15 is 0 Å². The van der Waals surface area contributed by atoms with Crippen LogP contribution in [0.3, 0.4) is 0 Å². The molecule has 1 heterocycles. The maximum absolute atomic E-state index is 10.1. The molecule has 1 aromatic heterocycles. The van der Waals surface area contributed by atoms with Crippen LogP contribution in [-0.4, -0.2) is 17.2 Å². The van der Waals surface area contributed by atoms with E-state index in [2.05, 4.69) is 35.7 Å². The molecule has 2 rings (SSSR count). The quantitative estimate of drug-likeness (QED) is 0.570. The van der Waals surface area contributed by atoms with E-state index < -0.39 is 0 Å². The molecule has 3 heteroatoms. The fourth-order valence-corrected chi connectivity index (χ4v) is 2.13. The Balaban J connectivity index is 2.50. The van der Waals surface area contributed by atoms with Crippen LogP contribution in [0.15, 0.2) is 29.3 Å². The van der Waals surface area contributed by atoms with E-state index in [1.165, 1.54) is 22.2 Å². The first-order valence-electron chi connectivity index (χ1n) is 5.32. The summed E-state index contributed by atoms with van der Waals surface area (Å²) in [6.07, 6.45) is 2.37. The number of isocyanates is 1. The Morgan fingerprint density at radius 2 is 2.12 bits per heavy atom. The van der Waals surface area contributed by atoms with Gasteiger partial charge in [-0.25, -0.2) is 9.79 Å². The lowest BCUT2D eigenvalue weighted by Crippen LogP contribution is -1.94. The van der Waals surface area contributed by atoms with E-state index in [1.54, 1.807) is 6.08 Å². The highest BCUT2D eigenvalue weighted by molar-refractivity contribution is 5.85. The molecule has 0 aliphatic heterocycles. The van der Waals surface area contributed by atoms with Crippen LogP contribution >= 0.6 is 0 Å². The Morgan fingerprint density at radius 1 is 1.38 bits per heavy atom. The van der Waals surface area contributed by atoms with Crippen LogP contribution in [0, 0.1) is 6.92 Å². The molecule has 0 bridgehead atoms. The van der Waals surface area contributed by atoms with Crippen LogP contribution < -0.4 is 0 Å². The lowest BCUT2D eigenvalue weighted by Gasteiger charge is -1.99. The molecule has 16 heavy (non-hydrogen) atoms. The summed E-state index contributed by atoms with van der Waals surface area (Å²) in [4.78, 5) is 13.7. The summed E-state index contributed by atoms with van der Waals surface area (Å²) in [5.41, 5.74) is 3.74. The molecule has 0 atom stereocenters. The number of hydrogen-bond acceptors (Lipinski definition) is 2. The largest absolute Gasteiger partial charge is 0.348 e. The van der Waals surface area contributed by atoms with Crippen LogP contribution in [0.2, 0.25) is 0 Å². The first kappa shape index (κ1) is 10.7.